The molecule has 0 heterocycles. The first-order valence-electron chi connectivity index (χ1n) is 8.16. The van der Waals surface area contributed by atoms with Gasteiger partial charge in [-0.25, -0.2) is 0 Å². The molecular formula is C18H31BrN2. The van der Waals surface area contributed by atoms with Crippen molar-refractivity contribution in [2.45, 2.75) is 59.5 Å². The van der Waals surface area contributed by atoms with E-state index in [0.29, 0.717) is 24.5 Å². The van der Waals surface area contributed by atoms with Gasteiger partial charge in [0.05, 0.1) is 0 Å². The van der Waals surface area contributed by atoms with E-state index in [0.717, 1.165) is 6.54 Å². The molecule has 0 bridgehead atoms. The third-order valence-corrected chi connectivity index (χ3v) is 5.07. The van der Waals surface area contributed by atoms with Crippen LogP contribution in [0, 0.1) is 12.8 Å². The Hall–Kier alpha value is -0.380. The van der Waals surface area contributed by atoms with Gasteiger partial charge in [-0.3, -0.25) is 4.90 Å². The summed E-state index contributed by atoms with van der Waals surface area (Å²) >= 11 is 3.59. The number of nitrogens with zero attached hydrogens (tertiary/aromatic N) is 1. The Morgan fingerprint density at radius 2 is 1.81 bits per heavy atom. The molecule has 21 heavy (non-hydrogen) atoms. The fraction of sp³-hybridized carbons (Fsp3) is 0.667. The first-order valence-corrected chi connectivity index (χ1v) is 8.95. The SMILES string of the molecule is CCC(CC)N(CC(C)C)C(CN)c1ccc(Br)c(C)c1. The van der Waals surface area contributed by atoms with Crippen molar-refractivity contribution in [3.8, 4) is 0 Å². The molecule has 2 N–H and O–H groups in total. The molecule has 0 saturated heterocycles. The second-order valence-electron chi connectivity index (χ2n) is 6.32. The monoisotopic (exact) mass is 354 g/mol. The summed E-state index contributed by atoms with van der Waals surface area (Å²) in [6.45, 7) is 13.0. The molecule has 0 aromatic heterocycles. The molecule has 0 amide bonds. The lowest BCUT2D eigenvalue weighted by Crippen LogP contribution is -2.43. The minimum Gasteiger partial charge on any atom is -0.329 e. The Morgan fingerprint density at radius 3 is 2.24 bits per heavy atom. The van der Waals surface area contributed by atoms with E-state index in [9.17, 15) is 0 Å². The summed E-state index contributed by atoms with van der Waals surface area (Å²) < 4.78 is 1.17. The van der Waals surface area contributed by atoms with E-state index in [2.05, 4.69) is 73.6 Å². The lowest BCUT2D eigenvalue weighted by molar-refractivity contribution is 0.112. The van der Waals surface area contributed by atoms with Crippen LogP contribution in [-0.2, 0) is 0 Å². The van der Waals surface area contributed by atoms with Crippen molar-refractivity contribution in [1.82, 2.24) is 4.90 Å². The molecule has 3 heteroatoms. The predicted octanol–water partition coefficient (Wildman–Crippen LogP) is 4.90. The fourth-order valence-electron chi connectivity index (χ4n) is 3.05. The summed E-state index contributed by atoms with van der Waals surface area (Å²) in [6.07, 6.45) is 2.35. The van der Waals surface area contributed by atoms with E-state index in [1.807, 2.05) is 0 Å². The second kappa shape index (κ2) is 8.92. The van der Waals surface area contributed by atoms with Gasteiger partial charge in [0.25, 0.3) is 0 Å². The van der Waals surface area contributed by atoms with Crippen molar-refractivity contribution in [3.05, 3.63) is 33.8 Å². The Balaban J connectivity index is 3.12. The van der Waals surface area contributed by atoms with E-state index >= 15 is 0 Å². The van der Waals surface area contributed by atoms with Crippen LogP contribution >= 0.6 is 15.9 Å². The third kappa shape index (κ3) is 5.08. The fourth-order valence-corrected chi connectivity index (χ4v) is 3.29. The molecule has 1 atom stereocenters. The molecule has 1 aromatic carbocycles. The highest BCUT2D eigenvalue weighted by Crippen LogP contribution is 2.28. The molecule has 0 aliphatic rings. The van der Waals surface area contributed by atoms with E-state index in [1.165, 1.54) is 28.4 Å². The van der Waals surface area contributed by atoms with E-state index in [-0.39, 0.29) is 0 Å². The summed E-state index contributed by atoms with van der Waals surface area (Å²) in [7, 11) is 0. The summed E-state index contributed by atoms with van der Waals surface area (Å²) in [5.41, 5.74) is 8.78. The quantitative estimate of drug-likeness (QED) is 0.718. The lowest BCUT2D eigenvalue weighted by atomic mass is 9.98. The van der Waals surface area contributed by atoms with Gasteiger partial charge >= 0.3 is 0 Å². The summed E-state index contributed by atoms with van der Waals surface area (Å²) in [5.74, 6) is 0.649. The maximum absolute atomic E-state index is 6.16. The molecule has 2 nitrogen and oxygen atoms in total. The second-order valence-corrected chi connectivity index (χ2v) is 7.18. The first kappa shape index (κ1) is 18.7. The van der Waals surface area contributed by atoms with E-state index in [1.54, 1.807) is 0 Å². The summed E-state index contributed by atoms with van der Waals surface area (Å²) in [5, 5.41) is 0. The Kier molecular flexibility index (Phi) is 7.93. The summed E-state index contributed by atoms with van der Waals surface area (Å²) in [4.78, 5) is 2.62. The number of aryl methyl sites for hydroxylation is 1. The summed E-state index contributed by atoms with van der Waals surface area (Å²) in [6, 6.07) is 7.55. The molecule has 0 spiro atoms. The van der Waals surface area contributed by atoms with Crippen molar-refractivity contribution < 1.29 is 0 Å². The number of hydrogen-bond acceptors (Lipinski definition) is 2. The largest absolute Gasteiger partial charge is 0.329 e. The van der Waals surface area contributed by atoms with Crippen LogP contribution in [0.15, 0.2) is 22.7 Å². The molecule has 1 unspecified atom stereocenters. The maximum Gasteiger partial charge on any atom is 0.0473 e. The van der Waals surface area contributed by atoms with Crippen LogP contribution in [0.2, 0.25) is 0 Å². The van der Waals surface area contributed by atoms with Gasteiger partial charge < -0.3 is 5.73 Å². The van der Waals surface area contributed by atoms with Gasteiger partial charge in [-0.05, 0) is 42.9 Å². The van der Waals surface area contributed by atoms with Crippen molar-refractivity contribution in [2.24, 2.45) is 11.7 Å². The third-order valence-electron chi connectivity index (χ3n) is 4.18. The lowest BCUT2D eigenvalue weighted by Gasteiger charge is -2.38. The first-order chi connectivity index (χ1) is 9.94. The Morgan fingerprint density at radius 1 is 1.19 bits per heavy atom. The van der Waals surface area contributed by atoms with Gasteiger partial charge in [-0.1, -0.05) is 55.8 Å². The highest BCUT2D eigenvalue weighted by atomic mass is 79.9. The standard InChI is InChI=1S/C18H31BrN2/c1-6-16(7-2)21(12-13(3)4)18(11-20)15-8-9-17(19)14(5)10-15/h8-10,13,16,18H,6-7,11-12,20H2,1-5H3. The molecular weight excluding hydrogens is 324 g/mol. The molecule has 1 rings (SSSR count). The number of benzene rings is 1. The highest BCUT2D eigenvalue weighted by Gasteiger charge is 2.25. The van der Waals surface area contributed by atoms with Gasteiger partial charge in [0.1, 0.15) is 0 Å². The van der Waals surface area contributed by atoms with Crippen LogP contribution in [0.5, 0.6) is 0 Å². The number of halogens is 1. The molecule has 0 aliphatic heterocycles. The van der Waals surface area contributed by atoms with Crippen LogP contribution in [0.3, 0.4) is 0 Å². The smallest absolute Gasteiger partial charge is 0.0473 e. The highest BCUT2D eigenvalue weighted by molar-refractivity contribution is 9.10. The topological polar surface area (TPSA) is 29.3 Å². The van der Waals surface area contributed by atoms with Crippen molar-refractivity contribution in [2.75, 3.05) is 13.1 Å². The zero-order chi connectivity index (χ0) is 16.0. The van der Waals surface area contributed by atoms with Crippen LogP contribution in [0.1, 0.15) is 57.7 Å². The molecule has 0 aliphatic carbocycles. The van der Waals surface area contributed by atoms with Crippen LogP contribution < -0.4 is 5.73 Å². The van der Waals surface area contributed by atoms with Gasteiger partial charge in [-0.2, -0.15) is 0 Å². The van der Waals surface area contributed by atoms with Crippen molar-refractivity contribution in [1.29, 1.82) is 0 Å². The van der Waals surface area contributed by atoms with Crippen molar-refractivity contribution in [3.63, 3.8) is 0 Å². The van der Waals surface area contributed by atoms with Crippen LogP contribution in [0.4, 0.5) is 0 Å². The maximum atomic E-state index is 6.16. The molecule has 1 aromatic rings. The van der Waals surface area contributed by atoms with Crippen LogP contribution in [0.25, 0.3) is 0 Å². The molecule has 0 radical (unpaired) electrons. The molecule has 120 valence electrons. The van der Waals surface area contributed by atoms with E-state index < -0.39 is 0 Å². The number of hydrogen-bond donors (Lipinski definition) is 1. The van der Waals surface area contributed by atoms with Crippen molar-refractivity contribution >= 4 is 15.9 Å². The van der Waals surface area contributed by atoms with E-state index in [4.69, 9.17) is 5.73 Å². The normalized spacial score (nSPS) is 13.4. The number of nitrogens with two attached hydrogens (primary N) is 1. The zero-order valence-corrected chi connectivity index (χ0v) is 15.8. The average molecular weight is 355 g/mol. The predicted molar refractivity (Wildman–Crippen MR) is 96.6 cm³/mol. The minimum absolute atomic E-state index is 0.309. The zero-order valence-electron chi connectivity index (χ0n) is 14.2. The Bertz CT molecular complexity index is 427. The van der Waals surface area contributed by atoms with Gasteiger partial charge in [0.2, 0.25) is 0 Å². The van der Waals surface area contributed by atoms with Crippen LogP contribution in [-0.4, -0.2) is 24.0 Å². The molecule has 0 fully saturated rings. The molecule has 0 saturated carbocycles. The van der Waals surface area contributed by atoms with Gasteiger partial charge in [0, 0.05) is 29.6 Å². The number of rotatable bonds is 8. The van der Waals surface area contributed by atoms with Gasteiger partial charge in [0.15, 0.2) is 0 Å². The van der Waals surface area contributed by atoms with Gasteiger partial charge in [-0.15, -0.1) is 0 Å². The average Bonchev–Trinajstić information content (AvgIpc) is 2.44. The Labute approximate surface area is 139 Å². The minimum atomic E-state index is 0.309.